The molecule has 0 bridgehead atoms. The smallest absolute Gasteiger partial charge is 0.317 e. The second-order valence-corrected chi connectivity index (χ2v) is 10.4. The van der Waals surface area contributed by atoms with E-state index in [4.69, 9.17) is 23.7 Å². The highest BCUT2D eigenvalue weighted by molar-refractivity contribution is 5.88. The Morgan fingerprint density at radius 1 is 1.09 bits per heavy atom. The number of fused-ring (bicyclic) bond motifs is 1. The average molecular weight is 464 g/mol. The van der Waals surface area contributed by atoms with Gasteiger partial charge in [0.05, 0.1) is 25.3 Å². The zero-order valence-electron chi connectivity index (χ0n) is 20.5. The van der Waals surface area contributed by atoms with Crippen LogP contribution in [-0.4, -0.2) is 54.1 Å². The molecule has 0 saturated carbocycles. The number of rotatable bonds is 6. The van der Waals surface area contributed by atoms with E-state index in [1.807, 2.05) is 52.2 Å². The lowest BCUT2D eigenvalue weighted by molar-refractivity contribution is -0.162. The third-order valence-electron chi connectivity index (χ3n) is 6.25. The number of hydrogen-bond acceptors (Lipinski definition) is 6. The Labute approximate surface area is 194 Å². The van der Waals surface area contributed by atoms with Crippen molar-refractivity contribution in [3.63, 3.8) is 0 Å². The lowest BCUT2D eigenvalue weighted by Gasteiger charge is -2.27. The molecule has 182 valence electrons. The van der Waals surface area contributed by atoms with Crippen molar-refractivity contribution < 1.29 is 32.9 Å². The van der Waals surface area contributed by atoms with Gasteiger partial charge < -0.3 is 28.3 Å². The van der Waals surface area contributed by atoms with Crippen LogP contribution in [-0.2, 0) is 40.4 Å². The Morgan fingerprint density at radius 2 is 1.70 bits per heavy atom. The quantitative estimate of drug-likeness (QED) is 0.598. The summed E-state index contributed by atoms with van der Waals surface area (Å²) in [7, 11) is 0. The average Bonchev–Trinajstić information content (AvgIpc) is 3.36. The van der Waals surface area contributed by atoms with Crippen molar-refractivity contribution in [2.24, 2.45) is 0 Å². The summed E-state index contributed by atoms with van der Waals surface area (Å²) < 4.78 is 45.1. The van der Waals surface area contributed by atoms with Gasteiger partial charge in [0.2, 0.25) is 0 Å². The van der Waals surface area contributed by atoms with E-state index in [1.54, 1.807) is 13.0 Å². The molecular formula is C25H34FNO6. The highest BCUT2D eigenvalue weighted by atomic mass is 19.1. The van der Waals surface area contributed by atoms with Gasteiger partial charge in [-0.1, -0.05) is 0 Å². The number of halogens is 1. The van der Waals surface area contributed by atoms with Crippen molar-refractivity contribution in [2.45, 2.75) is 84.2 Å². The highest BCUT2D eigenvalue weighted by Crippen LogP contribution is 2.34. The largest absolute Gasteiger partial charge is 0.462 e. The molecule has 0 N–H and O–H groups in total. The number of nitrogens with zero attached hydrogens (tertiary/aromatic N) is 1. The minimum atomic E-state index is -0.993. The van der Waals surface area contributed by atoms with Crippen molar-refractivity contribution in [3.8, 4) is 0 Å². The fraction of sp³-hybridized carbons (Fsp3) is 0.640. The Morgan fingerprint density at radius 3 is 2.27 bits per heavy atom. The molecule has 4 rings (SSSR count). The Balaban J connectivity index is 1.62. The van der Waals surface area contributed by atoms with E-state index in [-0.39, 0.29) is 30.6 Å². The normalized spacial score (nSPS) is 24.5. The van der Waals surface area contributed by atoms with E-state index in [1.165, 1.54) is 6.07 Å². The summed E-state index contributed by atoms with van der Waals surface area (Å²) in [5.74, 6) is -2.04. The number of esters is 1. The van der Waals surface area contributed by atoms with Crippen LogP contribution >= 0.6 is 0 Å². The molecule has 0 spiro atoms. The Kier molecular flexibility index (Phi) is 6.10. The van der Waals surface area contributed by atoms with Crippen LogP contribution in [0, 0.1) is 12.7 Å². The molecule has 2 aliphatic rings. The van der Waals surface area contributed by atoms with Gasteiger partial charge in [-0.2, -0.15) is 0 Å². The van der Waals surface area contributed by atoms with E-state index in [0.29, 0.717) is 30.8 Å². The van der Waals surface area contributed by atoms with Gasteiger partial charge in [-0.05, 0) is 72.2 Å². The lowest BCUT2D eigenvalue weighted by atomic mass is 9.89. The number of carbonyl (C=O) groups excluding carboxylic acids is 1. The standard InChI is InChI=1S/C25H34FNO6/c1-15-8-16-9-21(23(2,3)22(28)29-12-18-14-31-25(6,7)33-18)27(20(16)10-19(15)26)11-17-13-30-24(4,5)32-17/h8-10,17-18H,11-14H2,1-7H3. The SMILES string of the molecule is Cc1cc2cc(C(C)(C)C(=O)OCC3COC(C)(C)O3)n(CC3COC(C)(C)O3)c2cc1F. The van der Waals surface area contributed by atoms with Crippen LogP contribution < -0.4 is 0 Å². The van der Waals surface area contributed by atoms with Gasteiger partial charge >= 0.3 is 5.97 Å². The van der Waals surface area contributed by atoms with E-state index in [2.05, 4.69) is 0 Å². The summed E-state index contributed by atoms with van der Waals surface area (Å²) in [5.41, 5.74) is 0.989. The number of hydrogen-bond donors (Lipinski definition) is 0. The number of aromatic nitrogens is 1. The van der Waals surface area contributed by atoms with Crippen LogP contribution in [0.4, 0.5) is 4.39 Å². The molecule has 1 aromatic heterocycles. The third-order valence-corrected chi connectivity index (χ3v) is 6.25. The molecule has 2 aliphatic heterocycles. The van der Waals surface area contributed by atoms with Crippen molar-refractivity contribution >= 4 is 16.9 Å². The zero-order chi connectivity index (χ0) is 24.2. The molecule has 3 heterocycles. The molecule has 33 heavy (non-hydrogen) atoms. The van der Waals surface area contributed by atoms with E-state index in [9.17, 15) is 9.18 Å². The molecule has 2 fully saturated rings. The molecule has 0 radical (unpaired) electrons. The Bertz CT molecular complexity index is 1060. The third kappa shape index (κ3) is 4.94. The van der Waals surface area contributed by atoms with Gasteiger partial charge in [0.25, 0.3) is 0 Å². The van der Waals surface area contributed by atoms with E-state index >= 15 is 0 Å². The van der Waals surface area contributed by atoms with Gasteiger partial charge in [-0.25, -0.2) is 4.39 Å². The number of aryl methyl sites for hydroxylation is 1. The predicted molar refractivity (Wildman–Crippen MR) is 120 cm³/mol. The zero-order valence-corrected chi connectivity index (χ0v) is 20.5. The lowest BCUT2D eigenvalue weighted by Crippen LogP contribution is -2.36. The molecule has 2 aromatic rings. The molecule has 2 saturated heterocycles. The van der Waals surface area contributed by atoms with Crippen LogP contribution in [0.2, 0.25) is 0 Å². The molecule has 2 atom stereocenters. The minimum absolute atomic E-state index is 0.105. The predicted octanol–water partition coefficient (Wildman–Crippen LogP) is 4.21. The first-order valence-corrected chi connectivity index (χ1v) is 11.4. The van der Waals surface area contributed by atoms with Crippen LogP contribution in [0.25, 0.3) is 10.9 Å². The summed E-state index contributed by atoms with van der Waals surface area (Å²) >= 11 is 0. The fourth-order valence-electron chi connectivity index (χ4n) is 4.47. The molecule has 8 heteroatoms. The molecule has 0 amide bonds. The van der Waals surface area contributed by atoms with Gasteiger partial charge in [0.15, 0.2) is 11.6 Å². The molecule has 7 nitrogen and oxygen atoms in total. The van der Waals surface area contributed by atoms with E-state index in [0.717, 1.165) is 11.1 Å². The molecule has 0 aliphatic carbocycles. The minimum Gasteiger partial charge on any atom is -0.462 e. The summed E-state index contributed by atoms with van der Waals surface area (Å²) in [5, 5.41) is 0.859. The molecular weight excluding hydrogens is 429 g/mol. The Hall–Kier alpha value is -2.00. The van der Waals surface area contributed by atoms with Crippen LogP contribution in [0.5, 0.6) is 0 Å². The highest BCUT2D eigenvalue weighted by Gasteiger charge is 2.40. The first kappa shape index (κ1) is 24.1. The van der Waals surface area contributed by atoms with Gasteiger partial charge in [0, 0.05) is 11.1 Å². The fourth-order valence-corrected chi connectivity index (χ4v) is 4.47. The summed E-state index contributed by atoms with van der Waals surface area (Å²) in [6.07, 6.45) is -0.537. The summed E-state index contributed by atoms with van der Waals surface area (Å²) in [6, 6.07) is 5.25. The molecule has 2 unspecified atom stereocenters. The maximum atomic E-state index is 14.5. The van der Waals surface area contributed by atoms with Crippen molar-refractivity contribution in [1.82, 2.24) is 4.57 Å². The number of ether oxygens (including phenoxy) is 5. The van der Waals surface area contributed by atoms with Gasteiger partial charge in [-0.3, -0.25) is 4.79 Å². The van der Waals surface area contributed by atoms with Crippen molar-refractivity contribution in [2.75, 3.05) is 19.8 Å². The van der Waals surface area contributed by atoms with Crippen molar-refractivity contribution in [1.29, 1.82) is 0 Å². The summed E-state index contributed by atoms with van der Waals surface area (Å²) in [4.78, 5) is 13.2. The maximum Gasteiger partial charge on any atom is 0.317 e. The molecule has 1 aromatic carbocycles. The van der Waals surface area contributed by atoms with E-state index < -0.39 is 17.0 Å². The number of benzene rings is 1. The second-order valence-electron chi connectivity index (χ2n) is 10.4. The first-order chi connectivity index (χ1) is 15.3. The topological polar surface area (TPSA) is 68.2 Å². The maximum absolute atomic E-state index is 14.5. The number of carbonyl (C=O) groups is 1. The van der Waals surface area contributed by atoms with Crippen LogP contribution in [0.15, 0.2) is 18.2 Å². The second kappa shape index (κ2) is 8.34. The monoisotopic (exact) mass is 463 g/mol. The first-order valence-electron chi connectivity index (χ1n) is 11.4. The summed E-state index contributed by atoms with van der Waals surface area (Å²) in [6.45, 7) is 14.1. The van der Waals surface area contributed by atoms with Crippen molar-refractivity contribution in [3.05, 3.63) is 35.3 Å². The van der Waals surface area contributed by atoms with Crippen LogP contribution in [0.3, 0.4) is 0 Å². The van der Waals surface area contributed by atoms with Crippen LogP contribution in [0.1, 0.15) is 52.8 Å². The van der Waals surface area contributed by atoms with Gasteiger partial charge in [0.1, 0.15) is 30.0 Å². The van der Waals surface area contributed by atoms with Gasteiger partial charge in [-0.15, -0.1) is 0 Å².